The number of halogens is 1. The molecule has 2 heterocycles. The largest absolute Gasteiger partial charge is 0.338 e. The van der Waals surface area contributed by atoms with E-state index < -0.39 is 0 Å². The average molecular weight is 293 g/mol. The van der Waals surface area contributed by atoms with Crippen LogP contribution in [0.3, 0.4) is 0 Å². The summed E-state index contributed by atoms with van der Waals surface area (Å²) in [6.07, 6.45) is 1.15. The van der Waals surface area contributed by atoms with Crippen LogP contribution in [0.2, 0.25) is 5.02 Å². The molecule has 1 fully saturated rings. The van der Waals surface area contributed by atoms with E-state index in [1.165, 1.54) is 0 Å². The van der Waals surface area contributed by atoms with Gasteiger partial charge in [0.25, 0.3) is 0 Å². The third-order valence-electron chi connectivity index (χ3n) is 3.63. The van der Waals surface area contributed by atoms with Crippen molar-refractivity contribution in [3.63, 3.8) is 0 Å². The number of aromatic nitrogens is 2. The number of benzene rings is 1. The molecule has 1 aliphatic heterocycles. The molecule has 2 N–H and O–H groups in total. The van der Waals surface area contributed by atoms with Crippen LogP contribution in [0.4, 0.5) is 0 Å². The van der Waals surface area contributed by atoms with E-state index >= 15 is 0 Å². The van der Waals surface area contributed by atoms with Crippen LogP contribution in [0, 0.1) is 5.92 Å². The Morgan fingerprint density at radius 3 is 2.85 bits per heavy atom. The zero-order valence-corrected chi connectivity index (χ0v) is 11.9. The SMILES string of the molecule is NCC1CCN(Cc2nc(-c3ccc(Cl)cc3)no2)C1. The zero-order valence-electron chi connectivity index (χ0n) is 11.1. The maximum atomic E-state index is 5.86. The monoisotopic (exact) mass is 292 g/mol. The summed E-state index contributed by atoms with van der Waals surface area (Å²) in [5.41, 5.74) is 6.60. The number of likely N-dealkylation sites (tertiary alicyclic amines) is 1. The first-order valence-electron chi connectivity index (χ1n) is 6.75. The second kappa shape index (κ2) is 5.91. The third-order valence-corrected chi connectivity index (χ3v) is 3.88. The maximum Gasteiger partial charge on any atom is 0.241 e. The highest BCUT2D eigenvalue weighted by atomic mass is 35.5. The first-order valence-corrected chi connectivity index (χ1v) is 7.13. The van der Waals surface area contributed by atoms with E-state index in [2.05, 4.69) is 15.0 Å². The highest BCUT2D eigenvalue weighted by Crippen LogP contribution is 2.21. The van der Waals surface area contributed by atoms with Crippen LogP contribution < -0.4 is 5.73 Å². The van der Waals surface area contributed by atoms with E-state index in [0.29, 0.717) is 29.2 Å². The number of hydrogen-bond donors (Lipinski definition) is 1. The van der Waals surface area contributed by atoms with Crippen molar-refractivity contribution in [1.82, 2.24) is 15.0 Å². The fourth-order valence-electron chi connectivity index (χ4n) is 2.48. The summed E-state index contributed by atoms with van der Waals surface area (Å²) < 4.78 is 5.31. The Kier molecular flexibility index (Phi) is 4.00. The lowest BCUT2D eigenvalue weighted by Crippen LogP contribution is -2.22. The van der Waals surface area contributed by atoms with Gasteiger partial charge in [-0.25, -0.2) is 0 Å². The van der Waals surface area contributed by atoms with Crippen molar-refractivity contribution in [2.45, 2.75) is 13.0 Å². The van der Waals surface area contributed by atoms with E-state index in [4.69, 9.17) is 21.9 Å². The lowest BCUT2D eigenvalue weighted by molar-refractivity contribution is 0.261. The molecule has 0 spiro atoms. The van der Waals surface area contributed by atoms with Gasteiger partial charge in [-0.15, -0.1) is 0 Å². The molecule has 1 aromatic heterocycles. The van der Waals surface area contributed by atoms with Crippen molar-refractivity contribution in [1.29, 1.82) is 0 Å². The van der Waals surface area contributed by atoms with Gasteiger partial charge in [0.2, 0.25) is 11.7 Å². The molecular formula is C14H17ClN4O. The number of hydrogen-bond acceptors (Lipinski definition) is 5. The second-order valence-corrected chi connectivity index (χ2v) is 5.58. The van der Waals surface area contributed by atoms with Crippen LogP contribution in [0.5, 0.6) is 0 Å². The fraction of sp³-hybridized carbons (Fsp3) is 0.429. The van der Waals surface area contributed by atoms with Crippen LogP contribution in [0.1, 0.15) is 12.3 Å². The van der Waals surface area contributed by atoms with Gasteiger partial charge in [0.1, 0.15) is 0 Å². The van der Waals surface area contributed by atoms with Crippen LogP contribution in [0.15, 0.2) is 28.8 Å². The van der Waals surface area contributed by atoms with E-state index in [1.807, 2.05) is 24.3 Å². The predicted octanol–water partition coefficient (Wildman–Crippen LogP) is 2.17. The summed E-state index contributed by atoms with van der Waals surface area (Å²) in [5, 5.41) is 4.71. The minimum atomic E-state index is 0.591. The van der Waals surface area contributed by atoms with Crippen LogP contribution >= 0.6 is 11.6 Å². The third kappa shape index (κ3) is 3.00. The Morgan fingerprint density at radius 2 is 2.15 bits per heavy atom. The fourth-order valence-corrected chi connectivity index (χ4v) is 2.60. The van der Waals surface area contributed by atoms with Crippen molar-refractivity contribution in [2.75, 3.05) is 19.6 Å². The Balaban J connectivity index is 1.66. The molecule has 1 atom stereocenters. The maximum absolute atomic E-state index is 5.86. The molecule has 1 unspecified atom stereocenters. The summed E-state index contributed by atoms with van der Waals surface area (Å²) in [6, 6.07) is 7.41. The average Bonchev–Trinajstić information content (AvgIpc) is 3.09. The summed E-state index contributed by atoms with van der Waals surface area (Å²) in [4.78, 5) is 6.73. The Hall–Kier alpha value is -1.43. The van der Waals surface area contributed by atoms with Crippen LogP contribution in [-0.4, -0.2) is 34.7 Å². The zero-order chi connectivity index (χ0) is 13.9. The van der Waals surface area contributed by atoms with Gasteiger partial charge in [-0.05, 0) is 49.7 Å². The van der Waals surface area contributed by atoms with E-state index in [0.717, 1.165) is 31.6 Å². The molecular weight excluding hydrogens is 276 g/mol. The van der Waals surface area contributed by atoms with E-state index in [-0.39, 0.29) is 0 Å². The molecule has 0 amide bonds. The topological polar surface area (TPSA) is 68.2 Å². The summed E-state index contributed by atoms with van der Waals surface area (Å²) in [5.74, 6) is 1.84. The molecule has 5 nitrogen and oxygen atoms in total. The van der Waals surface area contributed by atoms with Gasteiger partial charge in [0.15, 0.2) is 0 Å². The number of nitrogens with zero attached hydrogens (tertiary/aromatic N) is 3. The number of rotatable bonds is 4. The molecule has 1 aliphatic rings. The van der Waals surface area contributed by atoms with Crippen molar-refractivity contribution in [3.05, 3.63) is 35.2 Å². The van der Waals surface area contributed by atoms with Gasteiger partial charge in [0.05, 0.1) is 6.54 Å². The van der Waals surface area contributed by atoms with Gasteiger partial charge in [-0.2, -0.15) is 4.98 Å². The summed E-state index contributed by atoms with van der Waals surface area (Å²) in [7, 11) is 0. The lowest BCUT2D eigenvalue weighted by atomic mass is 10.1. The van der Waals surface area contributed by atoms with E-state index in [9.17, 15) is 0 Å². The Bertz CT molecular complexity index is 569. The van der Waals surface area contributed by atoms with E-state index in [1.54, 1.807) is 0 Å². The van der Waals surface area contributed by atoms with Crippen molar-refractivity contribution in [3.8, 4) is 11.4 Å². The molecule has 2 aromatic rings. The van der Waals surface area contributed by atoms with Crippen molar-refractivity contribution < 1.29 is 4.52 Å². The molecule has 6 heteroatoms. The Morgan fingerprint density at radius 1 is 1.35 bits per heavy atom. The molecule has 3 rings (SSSR count). The van der Waals surface area contributed by atoms with Crippen molar-refractivity contribution in [2.24, 2.45) is 11.7 Å². The first-order chi connectivity index (χ1) is 9.74. The minimum Gasteiger partial charge on any atom is -0.338 e. The minimum absolute atomic E-state index is 0.591. The normalized spacial score (nSPS) is 19.6. The van der Waals surface area contributed by atoms with Gasteiger partial charge >= 0.3 is 0 Å². The van der Waals surface area contributed by atoms with Gasteiger partial charge in [0, 0.05) is 17.1 Å². The van der Waals surface area contributed by atoms with Gasteiger partial charge in [-0.1, -0.05) is 16.8 Å². The predicted molar refractivity (Wildman–Crippen MR) is 77.2 cm³/mol. The lowest BCUT2D eigenvalue weighted by Gasteiger charge is -2.12. The highest BCUT2D eigenvalue weighted by molar-refractivity contribution is 6.30. The molecule has 0 bridgehead atoms. The number of nitrogens with two attached hydrogens (primary N) is 1. The Labute approximate surface area is 122 Å². The molecule has 1 saturated heterocycles. The highest BCUT2D eigenvalue weighted by Gasteiger charge is 2.23. The van der Waals surface area contributed by atoms with Crippen LogP contribution in [0.25, 0.3) is 11.4 Å². The molecule has 0 radical (unpaired) electrons. The molecule has 20 heavy (non-hydrogen) atoms. The second-order valence-electron chi connectivity index (χ2n) is 5.14. The first kappa shape index (κ1) is 13.5. The summed E-state index contributed by atoms with van der Waals surface area (Å²) in [6.45, 7) is 3.49. The van der Waals surface area contributed by atoms with Gasteiger partial charge < -0.3 is 10.3 Å². The van der Waals surface area contributed by atoms with Crippen molar-refractivity contribution >= 4 is 11.6 Å². The quantitative estimate of drug-likeness (QED) is 0.935. The smallest absolute Gasteiger partial charge is 0.241 e. The molecule has 1 aromatic carbocycles. The molecule has 106 valence electrons. The standard InChI is InChI=1S/C14H17ClN4O/c15-12-3-1-11(2-4-12)14-17-13(20-18-14)9-19-6-5-10(7-16)8-19/h1-4,10H,5-9,16H2. The molecule has 0 aliphatic carbocycles. The van der Waals surface area contributed by atoms with Gasteiger partial charge in [-0.3, -0.25) is 4.90 Å². The summed E-state index contributed by atoms with van der Waals surface area (Å²) >= 11 is 5.86. The molecule has 0 saturated carbocycles. The van der Waals surface area contributed by atoms with Crippen LogP contribution in [-0.2, 0) is 6.54 Å².